The summed E-state index contributed by atoms with van der Waals surface area (Å²) in [4.78, 5) is 0. The summed E-state index contributed by atoms with van der Waals surface area (Å²) in [5, 5.41) is 0. The van der Waals surface area contributed by atoms with Gasteiger partial charge in [0.15, 0.2) is 0 Å². The van der Waals surface area contributed by atoms with E-state index in [0.717, 1.165) is 45.1 Å². The summed E-state index contributed by atoms with van der Waals surface area (Å²) in [6.07, 6.45) is 0. The summed E-state index contributed by atoms with van der Waals surface area (Å²) >= 11 is 0. The first-order chi connectivity index (χ1) is 25.7. The number of hydrogen-bond donors (Lipinski definition) is 0. The van der Waals surface area contributed by atoms with Crippen LogP contribution in [0.4, 0.5) is 0 Å². The molecule has 8 rings (SSSR count). The van der Waals surface area contributed by atoms with Crippen LogP contribution in [0.15, 0.2) is 206 Å². The van der Waals surface area contributed by atoms with E-state index >= 15 is 0 Å². The van der Waals surface area contributed by atoms with Crippen molar-refractivity contribution in [3.05, 3.63) is 206 Å². The summed E-state index contributed by atoms with van der Waals surface area (Å²) in [5.74, 6) is 5.57. The third kappa shape index (κ3) is 7.57. The Balaban J connectivity index is 1.03. The molecule has 4 nitrogen and oxygen atoms in total. The number of ether oxygens (including phenoxy) is 4. The lowest BCUT2D eigenvalue weighted by molar-refractivity contribution is 0.454. The molecule has 0 aromatic heterocycles. The van der Waals surface area contributed by atoms with Crippen molar-refractivity contribution in [3.8, 4) is 79.4 Å². The predicted molar refractivity (Wildman–Crippen MR) is 209 cm³/mol. The van der Waals surface area contributed by atoms with Crippen LogP contribution in [0, 0.1) is 0 Å². The van der Waals surface area contributed by atoms with Gasteiger partial charge in [-0.25, -0.2) is 0 Å². The van der Waals surface area contributed by atoms with E-state index in [-0.39, 0.29) is 0 Å². The fourth-order valence-corrected chi connectivity index (χ4v) is 6.01. The minimum absolute atomic E-state index is 0.664. The molecule has 0 radical (unpaired) electrons. The van der Waals surface area contributed by atoms with E-state index < -0.39 is 0 Å². The molecule has 0 aliphatic carbocycles. The highest BCUT2D eigenvalue weighted by Crippen LogP contribution is 2.48. The first-order valence-corrected chi connectivity index (χ1v) is 17.2. The zero-order valence-electron chi connectivity index (χ0n) is 28.3. The van der Waals surface area contributed by atoms with Crippen LogP contribution in [0.5, 0.6) is 46.0 Å². The average Bonchev–Trinajstić information content (AvgIpc) is 3.21. The lowest BCUT2D eigenvalue weighted by Crippen LogP contribution is -1.96. The van der Waals surface area contributed by atoms with Gasteiger partial charge in [-0.1, -0.05) is 127 Å². The van der Waals surface area contributed by atoms with Crippen molar-refractivity contribution in [3.63, 3.8) is 0 Å². The summed E-state index contributed by atoms with van der Waals surface area (Å²) in [7, 11) is 0. The normalized spacial score (nSPS) is 10.7. The van der Waals surface area contributed by atoms with Crippen LogP contribution in [-0.2, 0) is 0 Å². The van der Waals surface area contributed by atoms with E-state index in [0.29, 0.717) is 28.7 Å². The molecule has 0 spiro atoms. The Morgan fingerprint density at radius 1 is 0.250 bits per heavy atom. The maximum absolute atomic E-state index is 6.67. The number of para-hydroxylation sites is 1. The quantitative estimate of drug-likeness (QED) is 0.137. The minimum Gasteiger partial charge on any atom is -0.457 e. The molecule has 0 atom stereocenters. The molecular weight excluding hydrogens is 641 g/mol. The van der Waals surface area contributed by atoms with Crippen molar-refractivity contribution in [2.45, 2.75) is 0 Å². The summed E-state index contributed by atoms with van der Waals surface area (Å²) < 4.78 is 25.7. The van der Waals surface area contributed by atoms with Gasteiger partial charge >= 0.3 is 0 Å². The topological polar surface area (TPSA) is 36.9 Å². The predicted octanol–water partition coefficient (Wildman–Crippen LogP) is 13.9. The zero-order valence-corrected chi connectivity index (χ0v) is 28.3. The fraction of sp³-hybridized carbons (Fsp3) is 0. The molecular formula is C48H34O4. The minimum atomic E-state index is 0.664. The molecule has 0 heterocycles. The van der Waals surface area contributed by atoms with E-state index in [1.807, 2.05) is 152 Å². The average molecular weight is 675 g/mol. The van der Waals surface area contributed by atoms with Crippen molar-refractivity contribution < 1.29 is 18.9 Å². The van der Waals surface area contributed by atoms with Crippen LogP contribution in [0.2, 0.25) is 0 Å². The Morgan fingerprint density at radius 2 is 0.673 bits per heavy atom. The maximum atomic E-state index is 6.67. The Labute approximate surface area is 303 Å². The lowest BCUT2D eigenvalue weighted by Gasteiger charge is -2.20. The number of hydrogen-bond acceptors (Lipinski definition) is 4. The second kappa shape index (κ2) is 15.2. The Bertz CT molecular complexity index is 2360. The fourth-order valence-electron chi connectivity index (χ4n) is 6.01. The standard InChI is InChI=1S/C48H34O4/c1-5-14-35(15-6-1)36-24-26-40(27-25-36)49-43-22-13-23-44(34-43)50-41-28-30-42(31-29-41)51-46-33-32-45(37-16-7-2-8-17-37)48(52-39-20-11-4-12-21-39)47(46)38-18-9-3-10-19-38/h1-34H. The van der Waals surface area contributed by atoms with Crippen LogP contribution in [0.25, 0.3) is 33.4 Å². The van der Waals surface area contributed by atoms with Gasteiger partial charge in [0.1, 0.15) is 46.0 Å². The lowest BCUT2D eigenvalue weighted by atomic mass is 9.96. The van der Waals surface area contributed by atoms with Gasteiger partial charge in [-0.05, 0) is 95.1 Å². The second-order valence-electron chi connectivity index (χ2n) is 12.1. The van der Waals surface area contributed by atoms with Crippen LogP contribution < -0.4 is 18.9 Å². The SMILES string of the molecule is c1ccc(Oc2c(-c3ccccc3)ccc(Oc3ccc(Oc4cccc(Oc5ccc(-c6ccccc6)cc5)c4)cc3)c2-c2ccccc2)cc1. The largest absolute Gasteiger partial charge is 0.457 e. The molecule has 0 saturated carbocycles. The van der Waals surface area contributed by atoms with Gasteiger partial charge in [-0.15, -0.1) is 0 Å². The van der Waals surface area contributed by atoms with Gasteiger partial charge < -0.3 is 18.9 Å². The van der Waals surface area contributed by atoms with Crippen molar-refractivity contribution in [2.24, 2.45) is 0 Å². The first kappa shape index (κ1) is 32.2. The van der Waals surface area contributed by atoms with E-state index in [4.69, 9.17) is 18.9 Å². The summed E-state index contributed by atoms with van der Waals surface area (Å²) in [6.45, 7) is 0. The van der Waals surface area contributed by atoms with Crippen LogP contribution in [-0.4, -0.2) is 0 Å². The molecule has 8 aromatic carbocycles. The third-order valence-corrected chi connectivity index (χ3v) is 8.52. The third-order valence-electron chi connectivity index (χ3n) is 8.52. The zero-order chi connectivity index (χ0) is 35.0. The van der Waals surface area contributed by atoms with Gasteiger partial charge in [-0.2, -0.15) is 0 Å². The van der Waals surface area contributed by atoms with E-state index in [2.05, 4.69) is 54.6 Å². The molecule has 8 aromatic rings. The van der Waals surface area contributed by atoms with Crippen molar-refractivity contribution in [1.29, 1.82) is 0 Å². The molecule has 0 N–H and O–H groups in total. The molecule has 52 heavy (non-hydrogen) atoms. The van der Waals surface area contributed by atoms with Crippen LogP contribution in [0.1, 0.15) is 0 Å². The van der Waals surface area contributed by atoms with Crippen LogP contribution >= 0.6 is 0 Å². The Hall–Kier alpha value is -7.04. The summed E-state index contributed by atoms with van der Waals surface area (Å²) in [6, 6.07) is 67.9. The maximum Gasteiger partial charge on any atom is 0.146 e. The van der Waals surface area contributed by atoms with Crippen molar-refractivity contribution in [2.75, 3.05) is 0 Å². The summed E-state index contributed by atoms with van der Waals surface area (Å²) in [5.41, 5.74) is 6.16. The molecule has 0 saturated heterocycles. The monoisotopic (exact) mass is 674 g/mol. The number of benzene rings is 8. The van der Waals surface area contributed by atoms with E-state index in [1.54, 1.807) is 0 Å². The highest BCUT2D eigenvalue weighted by atomic mass is 16.5. The van der Waals surface area contributed by atoms with E-state index in [1.165, 1.54) is 5.56 Å². The van der Waals surface area contributed by atoms with Crippen molar-refractivity contribution in [1.82, 2.24) is 0 Å². The van der Waals surface area contributed by atoms with Crippen molar-refractivity contribution >= 4 is 0 Å². The molecule has 0 fully saturated rings. The molecule has 250 valence electrons. The highest BCUT2D eigenvalue weighted by Gasteiger charge is 2.20. The van der Waals surface area contributed by atoms with Gasteiger partial charge in [0.25, 0.3) is 0 Å². The van der Waals surface area contributed by atoms with Gasteiger partial charge in [0.05, 0.1) is 5.56 Å². The molecule has 0 aliphatic rings. The molecule has 0 aliphatic heterocycles. The molecule has 0 unspecified atom stereocenters. The Morgan fingerprint density at radius 3 is 1.25 bits per heavy atom. The Kier molecular flexibility index (Phi) is 9.43. The van der Waals surface area contributed by atoms with Gasteiger partial charge in [-0.3, -0.25) is 0 Å². The van der Waals surface area contributed by atoms with Crippen LogP contribution in [0.3, 0.4) is 0 Å². The van der Waals surface area contributed by atoms with Gasteiger partial charge in [0.2, 0.25) is 0 Å². The first-order valence-electron chi connectivity index (χ1n) is 17.2. The molecule has 0 amide bonds. The second-order valence-corrected chi connectivity index (χ2v) is 12.1. The highest BCUT2D eigenvalue weighted by molar-refractivity contribution is 5.87. The molecule has 0 bridgehead atoms. The van der Waals surface area contributed by atoms with E-state index in [9.17, 15) is 0 Å². The number of rotatable bonds is 11. The molecule has 4 heteroatoms. The van der Waals surface area contributed by atoms with Gasteiger partial charge in [0, 0.05) is 11.6 Å². The smallest absolute Gasteiger partial charge is 0.146 e.